The van der Waals surface area contributed by atoms with Crippen LogP contribution in [0.15, 0.2) is 0 Å². The van der Waals surface area contributed by atoms with Gasteiger partial charge in [-0.2, -0.15) is 0 Å². The number of carbonyl (C=O) groups is 1. The average Bonchev–Trinajstić information content (AvgIpc) is 2.34. The molecule has 3 heteroatoms. The Morgan fingerprint density at radius 2 is 2.30 bits per heavy atom. The molecule has 3 nitrogen and oxygen atoms in total. The molecule has 1 fully saturated rings. The number of hydrogen-bond acceptors (Lipinski definition) is 3. The van der Waals surface area contributed by atoms with Crippen molar-refractivity contribution in [2.24, 2.45) is 5.92 Å². The molecule has 0 unspecified atom stereocenters. The number of methoxy groups -OCH3 is 1. The van der Waals surface area contributed by atoms with Crippen LogP contribution in [0.3, 0.4) is 0 Å². The zero-order valence-corrected chi connectivity index (χ0v) is 6.04. The van der Waals surface area contributed by atoms with E-state index in [4.69, 9.17) is 5.11 Å². The molecule has 0 aromatic rings. The molecule has 0 amide bonds. The molecule has 0 spiro atoms. The van der Waals surface area contributed by atoms with Crippen LogP contribution < -0.4 is 0 Å². The van der Waals surface area contributed by atoms with Gasteiger partial charge < -0.3 is 9.84 Å². The van der Waals surface area contributed by atoms with Gasteiger partial charge in [0, 0.05) is 0 Å². The Morgan fingerprint density at radius 3 is 2.70 bits per heavy atom. The molecule has 0 radical (unpaired) electrons. The van der Waals surface area contributed by atoms with Crippen molar-refractivity contribution in [1.29, 1.82) is 0 Å². The first-order valence-corrected chi connectivity index (χ1v) is 3.50. The van der Waals surface area contributed by atoms with Gasteiger partial charge in [-0.1, -0.05) is 0 Å². The van der Waals surface area contributed by atoms with Crippen LogP contribution in [0.2, 0.25) is 0 Å². The van der Waals surface area contributed by atoms with E-state index in [1.54, 1.807) is 0 Å². The third kappa shape index (κ3) is 1.48. The van der Waals surface area contributed by atoms with Crippen LogP contribution in [0.4, 0.5) is 0 Å². The first-order valence-electron chi connectivity index (χ1n) is 3.50. The molecule has 0 aromatic heterocycles. The topological polar surface area (TPSA) is 46.5 Å². The normalized spacial score (nSPS) is 32.2. The van der Waals surface area contributed by atoms with E-state index in [1.807, 2.05) is 0 Å². The van der Waals surface area contributed by atoms with Crippen LogP contribution in [0.1, 0.15) is 19.3 Å². The van der Waals surface area contributed by atoms with Gasteiger partial charge in [-0.3, -0.25) is 4.79 Å². The summed E-state index contributed by atoms with van der Waals surface area (Å²) >= 11 is 0. The van der Waals surface area contributed by atoms with Crippen LogP contribution in [-0.2, 0) is 9.53 Å². The molecule has 0 aromatic carbocycles. The van der Waals surface area contributed by atoms with Gasteiger partial charge in [0.05, 0.1) is 19.1 Å². The molecule has 1 saturated carbocycles. The predicted octanol–water partition coefficient (Wildman–Crippen LogP) is 0.320. The molecule has 1 N–H and O–H groups in total. The lowest BCUT2D eigenvalue weighted by Crippen LogP contribution is -2.13. The molecule has 0 aliphatic heterocycles. The minimum atomic E-state index is -0.288. The van der Waals surface area contributed by atoms with Gasteiger partial charge in [0.15, 0.2) is 0 Å². The highest BCUT2D eigenvalue weighted by molar-refractivity contribution is 5.72. The second-order valence-corrected chi connectivity index (χ2v) is 2.69. The van der Waals surface area contributed by atoms with Crippen LogP contribution in [0.25, 0.3) is 0 Å². The Hall–Kier alpha value is -0.570. The van der Waals surface area contributed by atoms with E-state index in [9.17, 15) is 4.79 Å². The fraction of sp³-hybridized carbons (Fsp3) is 0.857. The van der Waals surface area contributed by atoms with E-state index in [0.29, 0.717) is 6.42 Å². The fourth-order valence-electron chi connectivity index (χ4n) is 1.34. The number of aliphatic hydroxyl groups is 1. The largest absolute Gasteiger partial charge is 0.469 e. The molecule has 0 bridgehead atoms. The minimum Gasteiger partial charge on any atom is -0.469 e. The van der Waals surface area contributed by atoms with Crippen molar-refractivity contribution in [3.63, 3.8) is 0 Å². The van der Waals surface area contributed by atoms with Gasteiger partial charge in [0.1, 0.15) is 0 Å². The maximum Gasteiger partial charge on any atom is 0.308 e. The summed E-state index contributed by atoms with van der Waals surface area (Å²) in [4.78, 5) is 10.8. The van der Waals surface area contributed by atoms with Gasteiger partial charge in [0.25, 0.3) is 0 Å². The molecule has 1 aliphatic carbocycles. The molecule has 2 atom stereocenters. The lowest BCUT2D eigenvalue weighted by molar-refractivity contribution is -0.145. The van der Waals surface area contributed by atoms with Gasteiger partial charge in [0.2, 0.25) is 0 Å². The van der Waals surface area contributed by atoms with E-state index < -0.39 is 0 Å². The number of ether oxygens (including phenoxy) is 1. The zero-order valence-electron chi connectivity index (χ0n) is 6.04. The third-order valence-electron chi connectivity index (χ3n) is 1.94. The van der Waals surface area contributed by atoms with Crippen LogP contribution in [0.5, 0.6) is 0 Å². The molecule has 10 heavy (non-hydrogen) atoms. The standard InChI is InChI=1S/C7H12O3/c1-10-7(9)5-2-3-6(8)4-5/h5-6,8H,2-4H2,1H3/t5-,6-/m1/s1. The van der Waals surface area contributed by atoms with Crippen molar-refractivity contribution in [2.75, 3.05) is 7.11 Å². The SMILES string of the molecule is COC(=O)[C@@H]1CC[C@@H](O)C1. The van der Waals surface area contributed by atoms with Crippen LogP contribution >= 0.6 is 0 Å². The monoisotopic (exact) mass is 144 g/mol. The van der Waals surface area contributed by atoms with Gasteiger partial charge in [-0.15, -0.1) is 0 Å². The fourth-order valence-corrected chi connectivity index (χ4v) is 1.34. The van der Waals surface area contributed by atoms with E-state index >= 15 is 0 Å². The summed E-state index contributed by atoms with van der Waals surface area (Å²) in [6.07, 6.45) is 1.80. The maximum absolute atomic E-state index is 10.8. The molecular formula is C7H12O3. The zero-order chi connectivity index (χ0) is 7.56. The molecule has 1 aliphatic rings. The highest BCUT2D eigenvalue weighted by Crippen LogP contribution is 2.25. The Morgan fingerprint density at radius 1 is 1.60 bits per heavy atom. The first kappa shape index (κ1) is 7.54. The maximum atomic E-state index is 10.8. The number of carbonyl (C=O) groups excluding carboxylic acids is 1. The summed E-state index contributed by atoms with van der Waals surface area (Å²) in [5.41, 5.74) is 0. The predicted molar refractivity (Wildman–Crippen MR) is 35.4 cm³/mol. The van der Waals surface area contributed by atoms with E-state index in [-0.39, 0.29) is 18.0 Å². The highest BCUT2D eigenvalue weighted by Gasteiger charge is 2.28. The summed E-state index contributed by atoms with van der Waals surface area (Å²) in [5, 5.41) is 9.04. The van der Waals surface area contributed by atoms with Gasteiger partial charge >= 0.3 is 5.97 Å². The summed E-state index contributed by atoms with van der Waals surface area (Å²) < 4.78 is 4.53. The summed E-state index contributed by atoms with van der Waals surface area (Å²) in [5.74, 6) is -0.239. The van der Waals surface area contributed by atoms with Crippen molar-refractivity contribution < 1.29 is 14.6 Å². The lowest BCUT2D eigenvalue weighted by Gasteiger charge is -2.04. The van der Waals surface area contributed by atoms with E-state index in [1.165, 1.54) is 7.11 Å². The average molecular weight is 144 g/mol. The Balaban J connectivity index is 2.37. The van der Waals surface area contributed by atoms with Crippen molar-refractivity contribution in [3.8, 4) is 0 Å². The minimum absolute atomic E-state index is 0.0556. The van der Waals surface area contributed by atoms with Crippen LogP contribution in [0, 0.1) is 5.92 Å². The second kappa shape index (κ2) is 3.01. The Kier molecular flexibility index (Phi) is 2.27. The van der Waals surface area contributed by atoms with Crippen molar-refractivity contribution in [2.45, 2.75) is 25.4 Å². The third-order valence-corrected chi connectivity index (χ3v) is 1.94. The number of rotatable bonds is 1. The lowest BCUT2D eigenvalue weighted by atomic mass is 10.1. The number of aliphatic hydroxyl groups excluding tert-OH is 1. The molecule has 58 valence electrons. The highest BCUT2D eigenvalue weighted by atomic mass is 16.5. The summed E-state index contributed by atoms with van der Waals surface area (Å²) in [6.45, 7) is 0. The molecular weight excluding hydrogens is 132 g/mol. The number of hydrogen-bond donors (Lipinski definition) is 1. The first-order chi connectivity index (χ1) is 4.74. The van der Waals surface area contributed by atoms with E-state index in [2.05, 4.69) is 4.74 Å². The molecule has 0 saturated heterocycles. The second-order valence-electron chi connectivity index (χ2n) is 2.69. The smallest absolute Gasteiger partial charge is 0.308 e. The van der Waals surface area contributed by atoms with E-state index in [0.717, 1.165) is 12.8 Å². The molecule has 0 heterocycles. The number of esters is 1. The Bertz CT molecular complexity index is 133. The summed E-state index contributed by atoms with van der Waals surface area (Å²) in [6, 6.07) is 0. The summed E-state index contributed by atoms with van der Waals surface area (Å²) in [7, 11) is 1.38. The van der Waals surface area contributed by atoms with Crippen molar-refractivity contribution in [3.05, 3.63) is 0 Å². The molecule has 1 rings (SSSR count). The van der Waals surface area contributed by atoms with Crippen LogP contribution in [-0.4, -0.2) is 24.3 Å². The van der Waals surface area contributed by atoms with Gasteiger partial charge in [-0.05, 0) is 19.3 Å². The quantitative estimate of drug-likeness (QED) is 0.539. The van der Waals surface area contributed by atoms with Crippen molar-refractivity contribution in [1.82, 2.24) is 0 Å². The van der Waals surface area contributed by atoms with Crippen molar-refractivity contribution >= 4 is 5.97 Å². The Labute approximate surface area is 60.0 Å². The van der Waals surface area contributed by atoms with Gasteiger partial charge in [-0.25, -0.2) is 0 Å².